The Bertz CT molecular complexity index is 946. The van der Waals surface area contributed by atoms with Crippen molar-refractivity contribution in [2.24, 2.45) is 5.92 Å². The quantitative estimate of drug-likeness (QED) is 0.565. The zero-order valence-electron chi connectivity index (χ0n) is 17.7. The second-order valence-corrected chi connectivity index (χ2v) is 8.27. The number of benzene rings is 2. The van der Waals surface area contributed by atoms with E-state index in [9.17, 15) is 35.5 Å². The summed E-state index contributed by atoms with van der Waals surface area (Å²) in [6, 6.07) is 7.04. The Balaban J connectivity index is 1.84. The molecule has 33 heavy (non-hydrogen) atoms. The summed E-state index contributed by atoms with van der Waals surface area (Å²) in [5.41, 5.74) is -3.06. The molecule has 0 bridgehead atoms. The third-order valence-electron chi connectivity index (χ3n) is 6.25. The standard InChI is InChI=1S/C23H23F7N2O/c1-14(21(6-8-31-9-7-21)16-2-4-19(24)5-3-16)20(33)32-13-15-10-17(22(25,26)27)12-18(11-15)23(28,29)30/h2-5,10-12,14,31H,6-9,13H2,1H3,(H,32,33). The van der Waals surface area contributed by atoms with Gasteiger partial charge in [-0.1, -0.05) is 19.1 Å². The number of halogens is 7. The van der Waals surface area contributed by atoms with Crippen LogP contribution in [0, 0.1) is 11.7 Å². The first kappa shape index (κ1) is 25.0. The third kappa shape index (κ3) is 5.66. The van der Waals surface area contributed by atoms with E-state index in [0.717, 1.165) is 5.56 Å². The highest BCUT2D eigenvalue weighted by Gasteiger charge is 2.42. The molecule has 1 fully saturated rings. The average Bonchev–Trinajstić information content (AvgIpc) is 2.76. The van der Waals surface area contributed by atoms with Crippen molar-refractivity contribution < 1.29 is 35.5 Å². The van der Waals surface area contributed by atoms with Crippen LogP contribution in [0.15, 0.2) is 42.5 Å². The van der Waals surface area contributed by atoms with Gasteiger partial charge in [0, 0.05) is 17.9 Å². The van der Waals surface area contributed by atoms with Gasteiger partial charge in [0.15, 0.2) is 0 Å². The molecule has 1 aliphatic heterocycles. The lowest BCUT2D eigenvalue weighted by molar-refractivity contribution is -0.143. The number of carbonyl (C=O) groups excluding carboxylic acids is 1. The van der Waals surface area contributed by atoms with Gasteiger partial charge in [-0.05, 0) is 67.4 Å². The number of rotatable bonds is 5. The lowest BCUT2D eigenvalue weighted by Gasteiger charge is -2.42. The molecule has 2 aromatic rings. The van der Waals surface area contributed by atoms with Gasteiger partial charge >= 0.3 is 12.4 Å². The van der Waals surface area contributed by atoms with Crippen molar-refractivity contribution >= 4 is 5.91 Å². The van der Waals surface area contributed by atoms with Gasteiger partial charge in [0.1, 0.15) is 5.82 Å². The molecule has 1 saturated heterocycles. The van der Waals surface area contributed by atoms with Crippen LogP contribution < -0.4 is 10.6 Å². The van der Waals surface area contributed by atoms with E-state index in [2.05, 4.69) is 10.6 Å². The highest BCUT2D eigenvalue weighted by molar-refractivity contribution is 5.80. The molecule has 2 N–H and O–H groups in total. The predicted octanol–water partition coefficient (Wildman–Crippen LogP) is 5.44. The van der Waals surface area contributed by atoms with E-state index < -0.39 is 53.1 Å². The van der Waals surface area contributed by atoms with E-state index in [1.54, 1.807) is 19.1 Å². The molecule has 0 spiro atoms. The summed E-state index contributed by atoms with van der Waals surface area (Å²) >= 11 is 0. The first-order valence-corrected chi connectivity index (χ1v) is 10.4. The van der Waals surface area contributed by atoms with Crippen molar-refractivity contribution in [1.29, 1.82) is 0 Å². The van der Waals surface area contributed by atoms with Gasteiger partial charge in [0.25, 0.3) is 0 Å². The molecule has 10 heteroatoms. The van der Waals surface area contributed by atoms with Gasteiger partial charge in [0.2, 0.25) is 5.91 Å². The maximum Gasteiger partial charge on any atom is 0.416 e. The van der Waals surface area contributed by atoms with Crippen molar-refractivity contribution in [3.05, 3.63) is 70.5 Å². The van der Waals surface area contributed by atoms with Gasteiger partial charge < -0.3 is 10.6 Å². The predicted molar refractivity (Wildman–Crippen MR) is 108 cm³/mol. The first-order chi connectivity index (χ1) is 15.3. The van der Waals surface area contributed by atoms with Crippen molar-refractivity contribution in [3.8, 4) is 0 Å². The molecule has 1 atom stereocenters. The van der Waals surface area contributed by atoms with Crippen LogP contribution in [0.2, 0.25) is 0 Å². The summed E-state index contributed by atoms with van der Waals surface area (Å²) in [5.74, 6) is -1.59. The molecule has 1 amide bonds. The molecule has 1 aliphatic rings. The molecule has 0 aliphatic carbocycles. The smallest absolute Gasteiger partial charge is 0.352 e. The fourth-order valence-electron chi connectivity index (χ4n) is 4.34. The molecule has 0 radical (unpaired) electrons. The van der Waals surface area contributed by atoms with Crippen LogP contribution in [0.4, 0.5) is 30.7 Å². The summed E-state index contributed by atoms with van der Waals surface area (Å²) in [5, 5.41) is 5.69. The van der Waals surface area contributed by atoms with E-state index in [1.165, 1.54) is 12.1 Å². The highest BCUT2D eigenvalue weighted by Crippen LogP contribution is 2.41. The Morgan fingerprint density at radius 3 is 1.97 bits per heavy atom. The lowest BCUT2D eigenvalue weighted by Crippen LogP contribution is -2.49. The monoisotopic (exact) mass is 476 g/mol. The maximum atomic E-state index is 13.4. The molecule has 1 heterocycles. The van der Waals surface area contributed by atoms with Crippen molar-refractivity contribution in [3.63, 3.8) is 0 Å². The van der Waals surface area contributed by atoms with Gasteiger partial charge in [-0.3, -0.25) is 4.79 Å². The number of piperidine rings is 1. The van der Waals surface area contributed by atoms with E-state index in [-0.39, 0.29) is 11.6 Å². The Hall–Kier alpha value is -2.62. The van der Waals surface area contributed by atoms with Crippen LogP contribution in [0.25, 0.3) is 0 Å². The Morgan fingerprint density at radius 2 is 1.48 bits per heavy atom. The summed E-state index contributed by atoms with van der Waals surface area (Å²) in [6.07, 6.45) is -8.80. The molecule has 3 nitrogen and oxygen atoms in total. The van der Waals surface area contributed by atoms with E-state index in [1.807, 2.05) is 0 Å². The van der Waals surface area contributed by atoms with Crippen molar-refractivity contribution in [1.82, 2.24) is 10.6 Å². The fraction of sp³-hybridized carbons (Fsp3) is 0.435. The van der Waals surface area contributed by atoms with Gasteiger partial charge in [-0.25, -0.2) is 4.39 Å². The Morgan fingerprint density at radius 1 is 0.970 bits per heavy atom. The lowest BCUT2D eigenvalue weighted by atomic mass is 9.65. The normalized spacial score (nSPS) is 17.5. The number of amides is 1. The van der Waals surface area contributed by atoms with Gasteiger partial charge in [0.05, 0.1) is 11.1 Å². The van der Waals surface area contributed by atoms with Crippen molar-refractivity contribution in [2.45, 2.75) is 44.1 Å². The maximum absolute atomic E-state index is 13.4. The second-order valence-electron chi connectivity index (χ2n) is 8.27. The molecular formula is C23H23F7N2O. The van der Waals surface area contributed by atoms with Gasteiger partial charge in [-0.15, -0.1) is 0 Å². The van der Waals surface area contributed by atoms with E-state index in [4.69, 9.17) is 0 Å². The fourth-order valence-corrected chi connectivity index (χ4v) is 4.34. The minimum absolute atomic E-state index is 0.0481. The molecular weight excluding hydrogens is 453 g/mol. The highest BCUT2D eigenvalue weighted by atomic mass is 19.4. The molecule has 3 rings (SSSR count). The van der Waals surface area contributed by atoms with Crippen LogP contribution in [0.1, 0.15) is 42.0 Å². The summed E-state index contributed by atoms with van der Waals surface area (Å²) in [7, 11) is 0. The van der Waals surface area contributed by atoms with Gasteiger partial charge in [-0.2, -0.15) is 26.3 Å². The number of alkyl halides is 6. The first-order valence-electron chi connectivity index (χ1n) is 10.4. The van der Waals surface area contributed by atoms with Crippen LogP contribution >= 0.6 is 0 Å². The Kier molecular flexibility index (Phi) is 7.07. The van der Waals surface area contributed by atoms with E-state index >= 15 is 0 Å². The number of nitrogens with one attached hydrogen (secondary N) is 2. The summed E-state index contributed by atoms with van der Waals surface area (Å²) in [6.45, 7) is 2.39. The minimum atomic E-state index is -4.96. The SMILES string of the molecule is CC(C(=O)NCc1cc(C(F)(F)F)cc(C(F)(F)F)c1)C1(c2ccc(F)cc2)CCNCC1. The molecule has 0 saturated carbocycles. The van der Waals surface area contributed by atoms with Crippen LogP contribution in [0.3, 0.4) is 0 Å². The molecule has 1 unspecified atom stereocenters. The molecule has 0 aromatic heterocycles. The second kappa shape index (κ2) is 9.32. The minimum Gasteiger partial charge on any atom is -0.352 e. The molecule has 180 valence electrons. The van der Waals surface area contributed by atoms with Crippen LogP contribution in [0.5, 0.6) is 0 Å². The molecule has 2 aromatic carbocycles. The van der Waals surface area contributed by atoms with E-state index in [0.29, 0.717) is 38.1 Å². The number of carbonyl (C=O) groups is 1. The van der Waals surface area contributed by atoms with Crippen molar-refractivity contribution in [2.75, 3.05) is 13.1 Å². The average molecular weight is 476 g/mol. The number of hydrogen-bond donors (Lipinski definition) is 2. The Labute approximate surface area is 186 Å². The summed E-state index contributed by atoms with van der Waals surface area (Å²) in [4.78, 5) is 13.0. The topological polar surface area (TPSA) is 41.1 Å². The summed E-state index contributed by atoms with van der Waals surface area (Å²) < 4.78 is 91.9. The number of hydrogen-bond acceptors (Lipinski definition) is 2. The zero-order valence-corrected chi connectivity index (χ0v) is 17.7. The largest absolute Gasteiger partial charge is 0.416 e. The van der Waals surface area contributed by atoms with Crippen LogP contribution in [-0.4, -0.2) is 19.0 Å². The third-order valence-corrected chi connectivity index (χ3v) is 6.25. The van der Waals surface area contributed by atoms with Crippen LogP contribution in [-0.2, 0) is 29.1 Å². The zero-order chi connectivity index (χ0) is 24.4.